The zero-order valence-corrected chi connectivity index (χ0v) is 12.1. The van der Waals surface area contributed by atoms with Gasteiger partial charge in [-0.05, 0) is 25.1 Å². The summed E-state index contributed by atoms with van der Waals surface area (Å²) in [6.45, 7) is 4.41. The lowest BCUT2D eigenvalue weighted by molar-refractivity contribution is 0.565. The fourth-order valence-corrected chi connectivity index (χ4v) is 1.93. The van der Waals surface area contributed by atoms with Gasteiger partial charge in [-0.3, -0.25) is 0 Å². The maximum atomic E-state index is 3.50. The molecule has 100 valence electrons. The Kier molecular flexibility index (Phi) is 10.4. The van der Waals surface area contributed by atoms with Gasteiger partial charge in [0.25, 0.3) is 0 Å². The van der Waals surface area contributed by atoms with Crippen molar-refractivity contribution in [3.63, 3.8) is 0 Å². The van der Waals surface area contributed by atoms with Gasteiger partial charge in [-0.1, -0.05) is 39.0 Å². The van der Waals surface area contributed by atoms with Crippen LogP contribution in [0.5, 0.6) is 0 Å². The molecule has 0 aliphatic heterocycles. The molecule has 0 fully saturated rings. The second-order valence-corrected chi connectivity index (χ2v) is 4.55. The van der Waals surface area contributed by atoms with Crippen molar-refractivity contribution >= 4 is 12.4 Å². The highest BCUT2D eigenvalue weighted by Crippen LogP contribution is 2.04. The zero-order chi connectivity index (χ0) is 11.6. The number of aryl methyl sites for hydroxylation is 1. The van der Waals surface area contributed by atoms with E-state index < -0.39 is 0 Å². The highest BCUT2D eigenvalue weighted by atomic mass is 35.5. The molecule has 1 N–H and O–H groups in total. The predicted octanol–water partition coefficient (Wildman–Crippen LogP) is 3.90. The van der Waals surface area contributed by atoms with E-state index in [0.29, 0.717) is 0 Å². The number of rotatable bonds is 9. The molecule has 0 amide bonds. The quantitative estimate of drug-likeness (QED) is 0.665. The maximum absolute atomic E-state index is 3.50. The summed E-state index contributed by atoms with van der Waals surface area (Å²) in [7, 11) is 2.10. The Morgan fingerprint density at radius 3 is 2.47 bits per heavy atom. The molecule has 0 aromatic carbocycles. The van der Waals surface area contributed by atoms with Gasteiger partial charge >= 0.3 is 0 Å². The molecule has 17 heavy (non-hydrogen) atoms. The lowest BCUT2D eigenvalue weighted by Gasteiger charge is -2.06. The molecule has 3 heteroatoms. The van der Waals surface area contributed by atoms with Crippen LogP contribution in [0.2, 0.25) is 0 Å². The van der Waals surface area contributed by atoms with Crippen LogP contribution < -0.4 is 5.32 Å². The summed E-state index contributed by atoms with van der Waals surface area (Å²) in [5.41, 5.74) is 1.37. The summed E-state index contributed by atoms with van der Waals surface area (Å²) in [5.74, 6) is 0. The van der Waals surface area contributed by atoms with Crippen molar-refractivity contribution in [1.29, 1.82) is 0 Å². The molecular formula is C14H27ClN2. The third-order valence-electron chi connectivity index (χ3n) is 3.06. The molecule has 0 saturated heterocycles. The smallest absolute Gasteiger partial charge is 0.0359 e. The number of unbranched alkanes of at least 4 members (excludes halogenated alkanes) is 5. The van der Waals surface area contributed by atoms with Gasteiger partial charge in [0.2, 0.25) is 0 Å². The molecule has 1 heterocycles. The fourth-order valence-electron chi connectivity index (χ4n) is 1.93. The predicted molar refractivity (Wildman–Crippen MR) is 77.7 cm³/mol. The lowest BCUT2D eigenvalue weighted by Crippen LogP contribution is -2.16. The molecule has 0 aliphatic carbocycles. The first-order valence-corrected chi connectivity index (χ1v) is 6.65. The normalized spacial score (nSPS) is 10.2. The number of hydrogen-bond donors (Lipinski definition) is 1. The van der Waals surface area contributed by atoms with E-state index in [2.05, 4.69) is 42.2 Å². The highest BCUT2D eigenvalue weighted by molar-refractivity contribution is 5.85. The van der Waals surface area contributed by atoms with Crippen LogP contribution in [0.4, 0.5) is 0 Å². The summed E-state index contributed by atoms with van der Waals surface area (Å²) in [4.78, 5) is 0. The number of halogens is 1. The van der Waals surface area contributed by atoms with Crippen LogP contribution >= 0.6 is 12.4 Å². The number of hydrogen-bond acceptors (Lipinski definition) is 1. The molecular weight excluding hydrogens is 232 g/mol. The SMILES string of the molecule is CCCCCCCCNCc1cccn1C.Cl. The van der Waals surface area contributed by atoms with E-state index in [1.807, 2.05) is 0 Å². The zero-order valence-electron chi connectivity index (χ0n) is 11.2. The Labute approximate surface area is 112 Å². The minimum absolute atomic E-state index is 0. The van der Waals surface area contributed by atoms with E-state index in [-0.39, 0.29) is 12.4 Å². The summed E-state index contributed by atoms with van der Waals surface area (Å²) >= 11 is 0. The molecule has 0 spiro atoms. The van der Waals surface area contributed by atoms with Gasteiger partial charge in [0, 0.05) is 25.5 Å². The van der Waals surface area contributed by atoms with Crippen molar-refractivity contribution in [2.24, 2.45) is 7.05 Å². The van der Waals surface area contributed by atoms with Crippen LogP contribution in [-0.4, -0.2) is 11.1 Å². The van der Waals surface area contributed by atoms with Crippen LogP contribution in [0, 0.1) is 0 Å². The van der Waals surface area contributed by atoms with E-state index >= 15 is 0 Å². The minimum atomic E-state index is 0. The van der Waals surface area contributed by atoms with Crippen molar-refractivity contribution in [2.75, 3.05) is 6.54 Å². The lowest BCUT2D eigenvalue weighted by atomic mass is 10.1. The summed E-state index contributed by atoms with van der Waals surface area (Å²) < 4.78 is 2.17. The van der Waals surface area contributed by atoms with E-state index in [1.54, 1.807) is 0 Å². The van der Waals surface area contributed by atoms with E-state index in [0.717, 1.165) is 13.1 Å². The topological polar surface area (TPSA) is 17.0 Å². The van der Waals surface area contributed by atoms with Gasteiger partial charge in [0.1, 0.15) is 0 Å². The molecule has 1 aromatic rings. The van der Waals surface area contributed by atoms with Gasteiger partial charge in [-0.2, -0.15) is 0 Å². The van der Waals surface area contributed by atoms with Crippen molar-refractivity contribution in [1.82, 2.24) is 9.88 Å². The monoisotopic (exact) mass is 258 g/mol. The molecule has 0 bridgehead atoms. The summed E-state index contributed by atoms with van der Waals surface area (Å²) in [5, 5.41) is 3.50. The first-order valence-electron chi connectivity index (χ1n) is 6.65. The van der Waals surface area contributed by atoms with Crippen molar-refractivity contribution < 1.29 is 0 Å². The maximum Gasteiger partial charge on any atom is 0.0359 e. The van der Waals surface area contributed by atoms with Gasteiger partial charge in [0.05, 0.1) is 0 Å². The largest absolute Gasteiger partial charge is 0.353 e. The number of nitrogens with one attached hydrogen (secondary N) is 1. The van der Waals surface area contributed by atoms with Crippen molar-refractivity contribution in [2.45, 2.75) is 52.0 Å². The Bertz CT molecular complexity index is 271. The third-order valence-corrected chi connectivity index (χ3v) is 3.06. The Morgan fingerprint density at radius 2 is 1.82 bits per heavy atom. The Morgan fingerprint density at radius 1 is 1.12 bits per heavy atom. The summed E-state index contributed by atoms with van der Waals surface area (Å²) in [6, 6.07) is 4.27. The summed E-state index contributed by atoms with van der Waals surface area (Å²) in [6.07, 6.45) is 10.3. The average molecular weight is 259 g/mol. The standard InChI is InChI=1S/C14H26N2.ClH/c1-3-4-5-6-7-8-11-15-13-14-10-9-12-16(14)2;/h9-10,12,15H,3-8,11,13H2,1-2H3;1H. The van der Waals surface area contributed by atoms with Gasteiger partial charge in [-0.25, -0.2) is 0 Å². The van der Waals surface area contributed by atoms with Crippen LogP contribution in [0.1, 0.15) is 51.1 Å². The molecule has 0 atom stereocenters. The van der Waals surface area contributed by atoms with E-state index in [9.17, 15) is 0 Å². The average Bonchev–Trinajstić information content (AvgIpc) is 2.68. The molecule has 2 nitrogen and oxygen atoms in total. The van der Waals surface area contributed by atoms with Crippen LogP contribution in [0.3, 0.4) is 0 Å². The minimum Gasteiger partial charge on any atom is -0.353 e. The molecule has 0 aliphatic rings. The van der Waals surface area contributed by atoms with Gasteiger partial charge in [0.15, 0.2) is 0 Å². The van der Waals surface area contributed by atoms with Gasteiger partial charge in [-0.15, -0.1) is 12.4 Å². The first-order chi connectivity index (χ1) is 7.84. The molecule has 0 unspecified atom stereocenters. The van der Waals surface area contributed by atoms with Crippen LogP contribution in [0.25, 0.3) is 0 Å². The molecule has 0 saturated carbocycles. The second-order valence-electron chi connectivity index (χ2n) is 4.55. The molecule has 1 aromatic heterocycles. The molecule has 1 rings (SSSR count). The van der Waals surface area contributed by atoms with Crippen molar-refractivity contribution in [3.05, 3.63) is 24.0 Å². The van der Waals surface area contributed by atoms with Gasteiger partial charge < -0.3 is 9.88 Å². The second kappa shape index (κ2) is 10.7. The number of aromatic nitrogens is 1. The molecule has 0 radical (unpaired) electrons. The van der Waals surface area contributed by atoms with Crippen LogP contribution in [0.15, 0.2) is 18.3 Å². The Hall–Kier alpha value is -0.470. The highest BCUT2D eigenvalue weighted by Gasteiger charge is 1.95. The Balaban J connectivity index is 0.00000256. The first kappa shape index (κ1) is 16.5. The van der Waals surface area contributed by atoms with Crippen LogP contribution in [-0.2, 0) is 13.6 Å². The van der Waals surface area contributed by atoms with E-state index in [1.165, 1.54) is 44.2 Å². The fraction of sp³-hybridized carbons (Fsp3) is 0.714. The van der Waals surface area contributed by atoms with Crippen molar-refractivity contribution in [3.8, 4) is 0 Å². The number of nitrogens with zero attached hydrogens (tertiary/aromatic N) is 1. The third kappa shape index (κ3) is 7.45. The van der Waals surface area contributed by atoms with E-state index in [4.69, 9.17) is 0 Å².